The van der Waals surface area contributed by atoms with E-state index in [1.807, 2.05) is 0 Å². The summed E-state index contributed by atoms with van der Waals surface area (Å²) in [5.41, 5.74) is 1.21. The molecule has 5 nitrogen and oxygen atoms in total. The fourth-order valence-corrected chi connectivity index (χ4v) is 4.02. The third-order valence-corrected chi connectivity index (χ3v) is 5.59. The number of likely N-dealkylation sites (tertiary alicyclic amines) is 1. The van der Waals surface area contributed by atoms with Crippen LogP contribution in [0.4, 0.5) is 26.3 Å². The summed E-state index contributed by atoms with van der Waals surface area (Å²) < 4.78 is 79.0. The van der Waals surface area contributed by atoms with Crippen LogP contribution in [0.3, 0.4) is 0 Å². The third kappa shape index (κ3) is 4.13. The number of rotatable bonds is 2. The molecule has 0 radical (unpaired) electrons. The smallest absolute Gasteiger partial charge is 0.336 e. The van der Waals surface area contributed by atoms with Crippen LogP contribution in [0.2, 0.25) is 0 Å². The van der Waals surface area contributed by atoms with E-state index in [0.717, 1.165) is 23.2 Å². The molecule has 3 heterocycles. The van der Waals surface area contributed by atoms with Crippen LogP contribution in [0.15, 0.2) is 53.3 Å². The first-order valence-electron chi connectivity index (χ1n) is 9.60. The first kappa shape index (κ1) is 21.3. The van der Waals surface area contributed by atoms with Crippen molar-refractivity contribution in [1.29, 1.82) is 0 Å². The number of hydrogen-bond acceptors (Lipinski definition) is 4. The van der Waals surface area contributed by atoms with Crippen molar-refractivity contribution in [1.82, 2.24) is 15.2 Å². The summed E-state index contributed by atoms with van der Waals surface area (Å²) >= 11 is 0. The van der Waals surface area contributed by atoms with E-state index in [9.17, 15) is 31.1 Å². The maximum absolute atomic E-state index is 13.3. The second-order valence-electron chi connectivity index (χ2n) is 7.51. The number of nitrogens with zero attached hydrogens (tertiary/aromatic N) is 3. The predicted octanol–water partition coefficient (Wildman–Crippen LogP) is 3.97. The maximum Gasteiger partial charge on any atom is 0.417 e. The molecule has 31 heavy (non-hydrogen) atoms. The molecular formula is C20H18F6N4O. The van der Waals surface area contributed by atoms with E-state index in [-0.39, 0.29) is 30.4 Å². The minimum atomic E-state index is -4.57. The molecule has 0 bridgehead atoms. The number of alkyl halides is 6. The fraction of sp³-hybridized carbons (Fsp3) is 0.400. The van der Waals surface area contributed by atoms with Gasteiger partial charge in [-0.3, -0.25) is 10.2 Å². The lowest BCUT2D eigenvalue weighted by Gasteiger charge is -2.34. The van der Waals surface area contributed by atoms with E-state index in [0.29, 0.717) is 12.8 Å². The zero-order chi connectivity index (χ0) is 22.4. The Kier molecular flexibility index (Phi) is 5.22. The zero-order valence-electron chi connectivity index (χ0n) is 16.0. The Balaban J connectivity index is 1.45. The van der Waals surface area contributed by atoms with Crippen LogP contribution in [-0.4, -0.2) is 47.0 Å². The Morgan fingerprint density at radius 2 is 1.71 bits per heavy atom. The molecule has 1 aromatic carbocycles. The molecule has 0 spiro atoms. The summed E-state index contributed by atoms with van der Waals surface area (Å²) in [5.74, 6) is -1.11. The third-order valence-electron chi connectivity index (χ3n) is 5.59. The van der Waals surface area contributed by atoms with E-state index in [2.05, 4.69) is 10.5 Å². The van der Waals surface area contributed by atoms with Crippen molar-refractivity contribution in [2.75, 3.05) is 13.1 Å². The summed E-state index contributed by atoms with van der Waals surface area (Å²) in [6.07, 6.45) is -6.10. The van der Waals surface area contributed by atoms with E-state index in [1.54, 1.807) is 6.07 Å². The molecule has 0 aliphatic carbocycles. The first-order chi connectivity index (χ1) is 14.6. The van der Waals surface area contributed by atoms with Gasteiger partial charge in [-0.15, -0.1) is 0 Å². The fourth-order valence-electron chi connectivity index (χ4n) is 4.02. The van der Waals surface area contributed by atoms with Gasteiger partial charge in [-0.1, -0.05) is 18.2 Å². The van der Waals surface area contributed by atoms with Crippen LogP contribution in [0, 0.1) is 0 Å². The molecule has 11 heteroatoms. The number of amides is 1. The normalized spacial score (nSPS) is 22.1. The molecule has 1 aromatic rings. The molecule has 166 valence electrons. The highest BCUT2D eigenvalue weighted by Crippen LogP contribution is 2.39. The second-order valence-corrected chi connectivity index (χ2v) is 7.51. The molecule has 1 N–H and O–H groups in total. The van der Waals surface area contributed by atoms with Gasteiger partial charge >= 0.3 is 12.4 Å². The summed E-state index contributed by atoms with van der Waals surface area (Å²) in [6, 6.07) is 5.38. The minimum absolute atomic E-state index is 0.176. The van der Waals surface area contributed by atoms with Gasteiger partial charge in [-0.2, -0.15) is 31.4 Å². The van der Waals surface area contributed by atoms with Gasteiger partial charge in [0.15, 0.2) is 0 Å². The molecule has 0 saturated carbocycles. The highest BCUT2D eigenvalue weighted by atomic mass is 19.4. The van der Waals surface area contributed by atoms with Crippen molar-refractivity contribution >= 4 is 11.7 Å². The largest absolute Gasteiger partial charge is 0.417 e. The average Bonchev–Trinajstić information content (AvgIpc) is 3.15. The number of amidine groups is 1. The van der Waals surface area contributed by atoms with Crippen LogP contribution in [0.1, 0.15) is 29.9 Å². The van der Waals surface area contributed by atoms with E-state index in [1.165, 1.54) is 23.1 Å². The van der Waals surface area contributed by atoms with Crippen molar-refractivity contribution in [2.45, 2.75) is 37.3 Å². The van der Waals surface area contributed by atoms with E-state index < -0.39 is 35.6 Å². The SMILES string of the molecule is O=C(C1=NNC2C=CC(C(F)(F)F)=CN12)N1CCC(c2ccccc2C(F)(F)F)CC1. The van der Waals surface area contributed by atoms with Crippen molar-refractivity contribution < 1.29 is 31.1 Å². The highest BCUT2D eigenvalue weighted by Gasteiger charge is 2.41. The summed E-state index contributed by atoms with van der Waals surface area (Å²) in [6.45, 7) is 0.359. The molecular weight excluding hydrogens is 426 g/mol. The lowest BCUT2D eigenvalue weighted by molar-refractivity contribution is -0.138. The summed E-state index contributed by atoms with van der Waals surface area (Å²) in [4.78, 5) is 15.4. The Bertz CT molecular complexity index is 957. The molecule has 1 amide bonds. The Hall–Kier alpha value is -2.98. The molecule has 1 unspecified atom stereocenters. The van der Waals surface area contributed by atoms with Crippen LogP contribution >= 0.6 is 0 Å². The van der Waals surface area contributed by atoms with Gasteiger partial charge in [-0.25, -0.2) is 0 Å². The van der Waals surface area contributed by atoms with Crippen molar-refractivity contribution in [3.05, 3.63) is 59.3 Å². The number of nitrogens with one attached hydrogen (secondary N) is 1. The maximum atomic E-state index is 13.3. The summed E-state index contributed by atoms with van der Waals surface area (Å²) in [5, 5.41) is 3.88. The number of allylic oxidation sites excluding steroid dienone is 2. The van der Waals surface area contributed by atoms with Gasteiger partial charge in [-0.05, 0) is 42.5 Å². The number of piperidine rings is 1. The van der Waals surface area contributed by atoms with Crippen LogP contribution in [-0.2, 0) is 11.0 Å². The summed E-state index contributed by atoms with van der Waals surface area (Å²) in [7, 11) is 0. The molecule has 0 aromatic heterocycles. The quantitative estimate of drug-likeness (QED) is 0.703. The number of hydrazone groups is 1. The van der Waals surface area contributed by atoms with Gasteiger partial charge in [0.25, 0.3) is 5.91 Å². The molecule has 3 aliphatic rings. The lowest BCUT2D eigenvalue weighted by atomic mass is 9.86. The Morgan fingerprint density at radius 1 is 1.03 bits per heavy atom. The molecule has 1 fully saturated rings. The zero-order valence-corrected chi connectivity index (χ0v) is 16.0. The monoisotopic (exact) mass is 444 g/mol. The molecule has 4 rings (SSSR count). The van der Waals surface area contributed by atoms with Gasteiger partial charge < -0.3 is 9.80 Å². The standard InChI is InChI=1S/C20H18F6N4O/c21-19(22,23)13-5-6-16-27-28-17(30(16)11-13)18(31)29-9-7-12(8-10-29)14-3-1-2-4-15(14)20(24,25)26/h1-6,11-12,16,27H,7-10H2. The topological polar surface area (TPSA) is 47.9 Å². The lowest BCUT2D eigenvalue weighted by Crippen LogP contribution is -2.48. The average molecular weight is 444 g/mol. The van der Waals surface area contributed by atoms with Gasteiger partial charge in [0, 0.05) is 19.3 Å². The number of benzene rings is 1. The number of carbonyl (C=O) groups is 1. The minimum Gasteiger partial charge on any atom is -0.336 e. The van der Waals surface area contributed by atoms with Gasteiger partial charge in [0.1, 0.15) is 6.17 Å². The van der Waals surface area contributed by atoms with Crippen molar-refractivity contribution in [2.24, 2.45) is 5.10 Å². The number of hydrogen-bond donors (Lipinski definition) is 1. The molecule has 3 aliphatic heterocycles. The number of halogens is 6. The van der Waals surface area contributed by atoms with E-state index >= 15 is 0 Å². The van der Waals surface area contributed by atoms with Crippen molar-refractivity contribution in [3.8, 4) is 0 Å². The predicted molar refractivity (Wildman–Crippen MR) is 99.5 cm³/mol. The Labute approximate surface area is 173 Å². The van der Waals surface area contributed by atoms with Crippen LogP contribution in [0.25, 0.3) is 0 Å². The highest BCUT2D eigenvalue weighted by molar-refractivity contribution is 6.38. The van der Waals surface area contributed by atoms with Gasteiger partial charge in [0.05, 0.1) is 11.1 Å². The molecule has 1 saturated heterocycles. The van der Waals surface area contributed by atoms with E-state index in [4.69, 9.17) is 0 Å². The second kappa shape index (κ2) is 7.61. The first-order valence-corrected chi connectivity index (χ1v) is 9.60. The van der Waals surface area contributed by atoms with Crippen LogP contribution in [0.5, 0.6) is 0 Å². The van der Waals surface area contributed by atoms with Crippen LogP contribution < -0.4 is 5.43 Å². The number of fused-ring (bicyclic) bond motifs is 1. The molecule has 1 atom stereocenters. The van der Waals surface area contributed by atoms with Crippen molar-refractivity contribution in [3.63, 3.8) is 0 Å². The number of carbonyl (C=O) groups excluding carboxylic acids is 1. The van der Waals surface area contributed by atoms with Gasteiger partial charge in [0.2, 0.25) is 5.84 Å². The Morgan fingerprint density at radius 3 is 2.35 bits per heavy atom.